The van der Waals surface area contributed by atoms with Crippen molar-refractivity contribution in [2.75, 3.05) is 21.3 Å². The van der Waals surface area contributed by atoms with Gasteiger partial charge in [0.05, 0.1) is 27.0 Å². The van der Waals surface area contributed by atoms with Gasteiger partial charge in [-0.3, -0.25) is 14.6 Å². The molecule has 0 radical (unpaired) electrons. The minimum atomic E-state index is -1.47. The molecule has 0 aliphatic rings. The first-order chi connectivity index (χ1) is 17.4. The number of hydrogen-bond donors (Lipinski definition) is 0. The van der Waals surface area contributed by atoms with Gasteiger partial charge in [-0.1, -0.05) is 88.7 Å². The van der Waals surface area contributed by atoms with Gasteiger partial charge in [0.15, 0.2) is 12.0 Å². The molecule has 0 N–H and O–H groups in total. The summed E-state index contributed by atoms with van der Waals surface area (Å²) in [5.41, 5.74) is 2.51. The molecule has 3 aromatic carbocycles. The summed E-state index contributed by atoms with van der Waals surface area (Å²) in [5.74, 6) is -4.96. The molecule has 0 saturated heterocycles. The normalized spacial score (nSPS) is 12.2. The maximum atomic E-state index is 13.3. The predicted molar refractivity (Wildman–Crippen MR) is 139 cm³/mol. The summed E-state index contributed by atoms with van der Waals surface area (Å²) in [6.07, 6.45) is 0. The van der Waals surface area contributed by atoms with Crippen LogP contribution < -0.4 is 0 Å². The molecule has 0 heterocycles. The summed E-state index contributed by atoms with van der Waals surface area (Å²) in [7, 11) is 3.58. The Kier molecular flexibility index (Phi) is 9.53. The van der Waals surface area contributed by atoms with Gasteiger partial charge in [0.25, 0.3) is 0 Å². The molecular formula is C28H26BrNO6. The first-order valence-corrected chi connectivity index (χ1v) is 11.9. The van der Waals surface area contributed by atoms with Crippen LogP contribution in [-0.4, -0.2) is 51.0 Å². The molecule has 3 rings (SSSR count). The summed E-state index contributed by atoms with van der Waals surface area (Å²) >= 11 is 3.40. The second-order valence-corrected chi connectivity index (χ2v) is 8.69. The molecule has 7 nitrogen and oxygen atoms in total. The van der Waals surface area contributed by atoms with Gasteiger partial charge in [-0.05, 0) is 17.7 Å². The van der Waals surface area contributed by atoms with Crippen LogP contribution in [0.5, 0.6) is 0 Å². The lowest BCUT2D eigenvalue weighted by atomic mass is 9.80. The van der Waals surface area contributed by atoms with Crippen molar-refractivity contribution in [1.82, 2.24) is 0 Å². The van der Waals surface area contributed by atoms with Gasteiger partial charge in [0.2, 0.25) is 0 Å². The highest BCUT2D eigenvalue weighted by atomic mass is 79.9. The average Bonchev–Trinajstić information content (AvgIpc) is 2.93. The number of esters is 3. The van der Waals surface area contributed by atoms with Crippen molar-refractivity contribution in [3.63, 3.8) is 0 Å². The molecule has 0 aliphatic heterocycles. The molecule has 0 fully saturated rings. The molecule has 2 atom stereocenters. The molecule has 8 heteroatoms. The standard InChI is InChI=1S/C28H26BrNO6/c1-34-26(31)23(27(32)35-2)22(18-14-16-21(29)17-15-18)25(28(33)36-3)30-24(19-10-6-4-7-11-19)20-12-8-5-9-13-20/h4-17,22-23,25H,1-3H3/t22-,25-/m1/s1. The summed E-state index contributed by atoms with van der Waals surface area (Å²) < 4.78 is 15.8. The highest BCUT2D eigenvalue weighted by molar-refractivity contribution is 9.10. The number of methoxy groups -OCH3 is 3. The van der Waals surface area contributed by atoms with E-state index in [1.807, 2.05) is 60.7 Å². The van der Waals surface area contributed by atoms with Gasteiger partial charge in [-0.25, -0.2) is 4.79 Å². The van der Waals surface area contributed by atoms with E-state index in [0.717, 1.165) is 15.6 Å². The van der Waals surface area contributed by atoms with Crippen molar-refractivity contribution in [2.24, 2.45) is 10.9 Å². The molecule has 0 bridgehead atoms. The van der Waals surface area contributed by atoms with E-state index in [1.165, 1.54) is 21.3 Å². The molecule has 36 heavy (non-hydrogen) atoms. The van der Waals surface area contributed by atoms with Gasteiger partial charge in [-0.15, -0.1) is 0 Å². The molecule has 0 amide bonds. The molecule has 0 unspecified atom stereocenters. The number of ether oxygens (including phenoxy) is 3. The van der Waals surface area contributed by atoms with Crippen LogP contribution in [0.25, 0.3) is 0 Å². The van der Waals surface area contributed by atoms with E-state index >= 15 is 0 Å². The van der Waals surface area contributed by atoms with Crippen molar-refractivity contribution < 1.29 is 28.6 Å². The second-order valence-electron chi connectivity index (χ2n) is 7.78. The summed E-state index contributed by atoms with van der Waals surface area (Å²) in [5, 5.41) is 0. The average molecular weight is 552 g/mol. The Morgan fingerprint density at radius 2 is 1.11 bits per heavy atom. The van der Waals surface area contributed by atoms with E-state index in [4.69, 9.17) is 19.2 Å². The van der Waals surface area contributed by atoms with Crippen LogP contribution in [0.15, 0.2) is 94.4 Å². The Balaban J connectivity index is 2.32. The number of benzene rings is 3. The lowest BCUT2D eigenvalue weighted by Crippen LogP contribution is -2.41. The van der Waals surface area contributed by atoms with E-state index < -0.39 is 35.8 Å². The fourth-order valence-electron chi connectivity index (χ4n) is 3.93. The van der Waals surface area contributed by atoms with Crippen molar-refractivity contribution in [1.29, 1.82) is 0 Å². The number of carbonyl (C=O) groups excluding carboxylic acids is 3. The van der Waals surface area contributed by atoms with Crippen LogP contribution in [-0.2, 0) is 28.6 Å². The monoisotopic (exact) mass is 551 g/mol. The Labute approximate surface area is 218 Å². The van der Waals surface area contributed by atoms with Gasteiger partial charge in [0.1, 0.15) is 0 Å². The third kappa shape index (κ3) is 6.26. The molecule has 0 spiro atoms. The van der Waals surface area contributed by atoms with E-state index in [-0.39, 0.29) is 0 Å². The largest absolute Gasteiger partial charge is 0.468 e. The number of carbonyl (C=O) groups is 3. The van der Waals surface area contributed by atoms with Crippen LogP contribution in [0.3, 0.4) is 0 Å². The summed E-state index contributed by atoms with van der Waals surface area (Å²) in [6.45, 7) is 0. The van der Waals surface area contributed by atoms with Crippen LogP contribution in [0, 0.1) is 5.92 Å². The van der Waals surface area contributed by atoms with Crippen molar-refractivity contribution in [2.45, 2.75) is 12.0 Å². The highest BCUT2D eigenvalue weighted by Gasteiger charge is 2.45. The zero-order valence-corrected chi connectivity index (χ0v) is 21.7. The minimum Gasteiger partial charge on any atom is -0.468 e. The maximum Gasteiger partial charge on any atom is 0.331 e. The Morgan fingerprint density at radius 1 is 0.667 bits per heavy atom. The summed E-state index contributed by atoms with van der Waals surface area (Å²) in [4.78, 5) is 43.9. The van der Waals surface area contributed by atoms with Crippen molar-refractivity contribution in [3.8, 4) is 0 Å². The minimum absolute atomic E-state index is 0.502. The van der Waals surface area contributed by atoms with Crippen molar-refractivity contribution in [3.05, 3.63) is 106 Å². The van der Waals surface area contributed by atoms with Crippen LogP contribution in [0.2, 0.25) is 0 Å². The van der Waals surface area contributed by atoms with E-state index in [1.54, 1.807) is 24.3 Å². The smallest absolute Gasteiger partial charge is 0.331 e. The van der Waals surface area contributed by atoms with Gasteiger partial charge < -0.3 is 14.2 Å². The first-order valence-electron chi connectivity index (χ1n) is 11.1. The molecule has 186 valence electrons. The lowest BCUT2D eigenvalue weighted by molar-refractivity contribution is -0.161. The highest BCUT2D eigenvalue weighted by Crippen LogP contribution is 2.34. The molecule has 3 aromatic rings. The van der Waals surface area contributed by atoms with E-state index in [2.05, 4.69) is 15.9 Å². The fourth-order valence-corrected chi connectivity index (χ4v) is 4.20. The number of halogens is 1. The second kappa shape index (κ2) is 12.8. The third-order valence-corrected chi connectivity index (χ3v) is 6.20. The number of hydrogen-bond acceptors (Lipinski definition) is 7. The van der Waals surface area contributed by atoms with Gasteiger partial charge in [-0.2, -0.15) is 0 Å². The quantitative estimate of drug-likeness (QED) is 0.167. The Bertz CT molecular complexity index is 1150. The van der Waals surface area contributed by atoms with Gasteiger partial charge >= 0.3 is 17.9 Å². The summed E-state index contributed by atoms with van der Waals surface area (Å²) in [6, 6.07) is 24.3. The predicted octanol–water partition coefficient (Wildman–Crippen LogP) is 4.57. The Hall–Kier alpha value is -3.78. The fraction of sp³-hybridized carbons (Fsp3) is 0.214. The lowest BCUT2D eigenvalue weighted by Gasteiger charge is -2.28. The molecule has 0 aliphatic carbocycles. The zero-order valence-electron chi connectivity index (χ0n) is 20.1. The topological polar surface area (TPSA) is 91.3 Å². The van der Waals surface area contributed by atoms with E-state index in [0.29, 0.717) is 11.3 Å². The van der Waals surface area contributed by atoms with Gasteiger partial charge in [0, 0.05) is 21.5 Å². The molecular weight excluding hydrogens is 526 g/mol. The van der Waals surface area contributed by atoms with E-state index in [9.17, 15) is 14.4 Å². The number of nitrogens with zero attached hydrogens (tertiary/aromatic N) is 1. The zero-order chi connectivity index (χ0) is 26.1. The molecule has 0 aromatic heterocycles. The number of rotatable bonds is 9. The third-order valence-electron chi connectivity index (χ3n) is 5.67. The van der Waals surface area contributed by atoms with Crippen LogP contribution >= 0.6 is 15.9 Å². The van der Waals surface area contributed by atoms with Crippen LogP contribution in [0.1, 0.15) is 22.6 Å². The Morgan fingerprint density at radius 3 is 1.53 bits per heavy atom. The molecule has 0 saturated carbocycles. The SMILES string of the molecule is COC(=O)C(C(=O)OC)[C@@H](c1ccc(Br)cc1)[C@@H](N=C(c1ccccc1)c1ccccc1)C(=O)OC. The van der Waals surface area contributed by atoms with Crippen LogP contribution in [0.4, 0.5) is 0 Å². The first kappa shape index (κ1) is 26.8. The van der Waals surface area contributed by atoms with Crippen molar-refractivity contribution >= 4 is 39.5 Å². The number of aliphatic imine (C=N–C) groups is 1. The maximum absolute atomic E-state index is 13.3.